The van der Waals surface area contributed by atoms with Crippen LogP contribution in [0, 0.1) is 0 Å². The number of methoxy groups -OCH3 is 1. The lowest BCUT2D eigenvalue weighted by molar-refractivity contribution is 0.414. The number of ether oxygens (including phenoxy) is 1. The van der Waals surface area contributed by atoms with Crippen LogP contribution in [0.1, 0.15) is 0 Å². The third-order valence-corrected chi connectivity index (χ3v) is 4.82. The molecule has 0 aliphatic rings. The first-order valence-electron chi connectivity index (χ1n) is 6.44. The topological polar surface area (TPSA) is 71.2 Å². The van der Waals surface area contributed by atoms with E-state index in [0.29, 0.717) is 22.1 Å². The Morgan fingerprint density at radius 3 is 2.55 bits per heavy atom. The van der Waals surface area contributed by atoms with Gasteiger partial charge in [-0.25, -0.2) is 8.42 Å². The van der Waals surface area contributed by atoms with Crippen LogP contribution in [0.15, 0.2) is 53.4 Å². The molecule has 1 heterocycles. The fraction of sp³-hybridized carbons (Fsp3) is 0.0667. The molecule has 0 saturated carbocycles. The van der Waals surface area contributed by atoms with Crippen molar-refractivity contribution in [2.24, 2.45) is 0 Å². The van der Waals surface area contributed by atoms with Crippen LogP contribution in [0.2, 0.25) is 5.15 Å². The molecule has 0 unspecified atom stereocenters. The molecular weight excluding hydrogens is 324 g/mol. The Labute approximate surface area is 132 Å². The van der Waals surface area contributed by atoms with E-state index in [1.165, 1.54) is 19.2 Å². The van der Waals surface area contributed by atoms with Gasteiger partial charge in [0.15, 0.2) is 0 Å². The summed E-state index contributed by atoms with van der Waals surface area (Å²) >= 11 is 5.93. The van der Waals surface area contributed by atoms with E-state index in [0.717, 1.165) is 5.39 Å². The summed E-state index contributed by atoms with van der Waals surface area (Å²) in [6.45, 7) is 0. The van der Waals surface area contributed by atoms with Crippen molar-refractivity contribution in [2.75, 3.05) is 11.8 Å². The molecule has 3 aromatic rings. The van der Waals surface area contributed by atoms with Crippen molar-refractivity contribution in [1.82, 2.24) is 4.98 Å². The third-order valence-electron chi connectivity index (χ3n) is 3.24. The van der Waals surface area contributed by atoms with E-state index >= 15 is 0 Å². The molecule has 5 nitrogen and oxygen atoms in total. The first-order chi connectivity index (χ1) is 10.5. The normalized spacial score (nSPS) is 11.5. The Bertz CT molecular complexity index is 918. The molecule has 3 rings (SSSR count). The van der Waals surface area contributed by atoms with E-state index in [-0.39, 0.29) is 4.90 Å². The monoisotopic (exact) mass is 336 g/mol. The predicted molar refractivity (Wildman–Crippen MR) is 87.1 cm³/mol. The second kappa shape index (κ2) is 5.55. The van der Waals surface area contributed by atoms with Crippen molar-refractivity contribution >= 4 is 38.2 Å². The first-order valence-corrected chi connectivity index (χ1v) is 8.30. The maximum absolute atomic E-state index is 12.5. The highest BCUT2D eigenvalue weighted by Gasteiger charge is 2.16. The fourth-order valence-electron chi connectivity index (χ4n) is 2.17. The highest BCUT2D eigenvalue weighted by atomic mass is 35.5. The largest absolute Gasteiger partial charge is 0.497 e. The molecule has 2 N–H and O–H groups in total. The molecule has 0 amide bonds. The lowest BCUT2D eigenvalue weighted by Crippen LogP contribution is -2.13. The molecule has 0 radical (unpaired) electrons. The van der Waals surface area contributed by atoms with Gasteiger partial charge in [-0.1, -0.05) is 23.7 Å². The summed E-state index contributed by atoms with van der Waals surface area (Å²) in [5, 5.41) is 1.28. The van der Waals surface area contributed by atoms with Gasteiger partial charge in [-0.3, -0.25) is 4.72 Å². The second-order valence-electron chi connectivity index (χ2n) is 4.67. The van der Waals surface area contributed by atoms with Gasteiger partial charge in [0.05, 0.1) is 23.2 Å². The van der Waals surface area contributed by atoms with E-state index in [1.807, 2.05) is 6.07 Å². The Kier molecular flexibility index (Phi) is 3.72. The number of sulfonamides is 1. The summed E-state index contributed by atoms with van der Waals surface area (Å²) in [5.74, 6) is 0.595. The van der Waals surface area contributed by atoms with Gasteiger partial charge >= 0.3 is 0 Å². The summed E-state index contributed by atoms with van der Waals surface area (Å²) in [5.41, 5.74) is 1.09. The SMILES string of the molecule is COc1ccc(S(=O)(=O)Nc2cccc3cc(Cl)[nH]c23)cc1. The van der Waals surface area contributed by atoms with Crippen molar-refractivity contribution in [3.63, 3.8) is 0 Å². The minimum absolute atomic E-state index is 0.156. The summed E-state index contributed by atoms with van der Waals surface area (Å²) in [6, 6.07) is 13.2. The number of rotatable bonds is 4. The number of anilines is 1. The number of nitrogens with one attached hydrogen (secondary N) is 2. The maximum Gasteiger partial charge on any atom is 0.261 e. The fourth-order valence-corrected chi connectivity index (χ4v) is 3.45. The van der Waals surface area contributed by atoms with Gasteiger partial charge in [-0.15, -0.1) is 0 Å². The maximum atomic E-state index is 12.5. The van der Waals surface area contributed by atoms with Crippen LogP contribution >= 0.6 is 11.6 Å². The van der Waals surface area contributed by atoms with Crippen LogP contribution < -0.4 is 9.46 Å². The molecule has 114 valence electrons. The molecule has 0 bridgehead atoms. The van der Waals surface area contributed by atoms with Crippen LogP contribution in [0.4, 0.5) is 5.69 Å². The third kappa shape index (κ3) is 2.75. The van der Waals surface area contributed by atoms with E-state index in [9.17, 15) is 8.42 Å². The van der Waals surface area contributed by atoms with Gasteiger partial charge in [0.2, 0.25) is 0 Å². The molecule has 0 atom stereocenters. The first kappa shape index (κ1) is 14.7. The average Bonchev–Trinajstić information content (AvgIpc) is 2.88. The van der Waals surface area contributed by atoms with Crippen molar-refractivity contribution < 1.29 is 13.2 Å². The number of fused-ring (bicyclic) bond motifs is 1. The minimum atomic E-state index is -3.69. The number of benzene rings is 2. The second-order valence-corrected chi connectivity index (χ2v) is 6.76. The number of H-pyrrole nitrogens is 1. The number of para-hydroxylation sites is 1. The summed E-state index contributed by atoms with van der Waals surface area (Å²) in [6.07, 6.45) is 0. The zero-order valence-corrected chi connectivity index (χ0v) is 13.2. The number of aromatic amines is 1. The lowest BCUT2D eigenvalue weighted by Gasteiger charge is -2.09. The van der Waals surface area contributed by atoms with E-state index in [4.69, 9.17) is 16.3 Å². The number of hydrogen-bond acceptors (Lipinski definition) is 3. The Hall–Kier alpha value is -2.18. The van der Waals surface area contributed by atoms with Crippen molar-refractivity contribution in [1.29, 1.82) is 0 Å². The molecule has 22 heavy (non-hydrogen) atoms. The van der Waals surface area contributed by atoms with Crippen LogP contribution in [-0.2, 0) is 10.0 Å². The molecule has 0 aliphatic carbocycles. The van der Waals surface area contributed by atoms with Crippen LogP contribution in [0.25, 0.3) is 10.9 Å². The number of aromatic nitrogens is 1. The number of halogens is 1. The Morgan fingerprint density at radius 2 is 1.86 bits per heavy atom. The lowest BCUT2D eigenvalue weighted by atomic mass is 10.2. The van der Waals surface area contributed by atoms with E-state index in [2.05, 4.69) is 9.71 Å². The average molecular weight is 337 g/mol. The molecule has 1 aromatic heterocycles. The molecule has 0 saturated heterocycles. The van der Waals surface area contributed by atoms with Gasteiger partial charge in [-0.05, 0) is 36.4 Å². The van der Waals surface area contributed by atoms with Crippen molar-refractivity contribution in [3.8, 4) is 5.75 Å². The Balaban J connectivity index is 1.98. The zero-order valence-electron chi connectivity index (χ0n) is 11.6. The quantitative estimate of drug-likeness (QED) is 0.764. The van der Waals surface area contributed by atoms with Gasteiger partial charge < -0.3 is 9.72 Å². The van der Waals surface area contributed by atoms with Gasteiger partial charge in [0.1, 0.15) is 10.9 Å². The van der Waals surface area contributed by atoms with Gasteiger partial charge in [-0.2, -0.15) is 0 Å². The molecule has 2 aromatic carbocycles. The van der Waals surface area contributed by atoms with E-state index < -0.39 is 10.0 Å². The van der Waals surface area contributed by atoms with Crippen LogP contribution in [0.5, 0.6) is 5.75 Å². The Morgan fingerprint density at radius 1 is 1.14 bits per heavy atom. The molecule has 7 heteroatoms. The van der Waals surface area contributed by atoms with Crippen LogP contribution in [-0.4, -0.2) is 20.5 Å². The highest BCUT2D eigenvalue weighted by molar-refractivity contribution is 7.92. The molecule has 0 spiro atoms. The summed E-state index contributed by atoms with van der Waals surface area (Å²) in [4.78, 5) is 3.09. The highest BCUT2D eigenvalue weighted by Crippen LogP contribution is 2.27. The molecular formula is C15H13ClN2O3S. The molecule has 0 fully saturated rings. The minimum Gasteiger partial charge on any atom is -0.497 e. The summed E-state index contributed by atoms with van der Waals surface area (Å²) in [7, 11) is -2.16. The standard InChI is InChI=1S/C15H13ClN2O3S/c1-21-11-5-7-12(8-6-11)22(19,20)18-13-4-2-3-10-9-14(16)17-15(10)13/h2-9,17-18H,1H3. The number of hydrogen-bond donors (Lipinski definition) is 2. The van der Waals surface area contributed by atoms with Crippen LogP contribution in [0.3, 0.4) is 0 Å². The summed E-state index contributed by atoms with van der Waals surface area (Å²) < 4.78 is 32.5. The predicted octanol–water partition coefficient (Wildman–Crippen LogP) is 3.63. The van der Waals surface area contributed by atoms with Gasteiger partial charge in [0, 0.05) is 5.39 Å². The smallest absolute Gasteiger partial charge is 0.261 e. The van der Waals surface area contributed by atoms with Crippen molar-refractivity contribution in [3.05, 3.63) is 53.7 Å². The zero-order chi connectivity index (χ0) is 15.7. The van der Waals surface area contributed by atoms with E-state index in [1.54, 1.807) is 30.3 Å². The van der Waals surface area contributed by atoms with Crippen molar-refractivity contribution in [2.45, 2.75) is 4.90 Å². The molecule has 0 aliphatic heterocycles. The van der Waals surface area contributed by atoms with Gasteiger partial charge in [0.25, 0.3) is 10.0 Å².